The van der Waals surface area contributed by atoms with Gasteiger partial charge in [-0.1, -0.05) is 0 Å². The van der Waals surface area contributed by atoms with Gasteiger partial charge in [0.2, 0.25) is 0 Å². The summed E-state index contributed by atoms with van der Waals surface area (Å²) in [5.74, 6) is -2.48. The number of amides is 1. The van der Waals surface area contributed by atoms with Gasteiger partial charge in [0.1, 0.15) is 5.60 Å². The monoisotopic (exact) mass is 269 g/mol. The van der Waals surface area contributed by atoms with Gasteiger partial charge >= 0.3 is 6.09 Å². The van der Waals surface area contributed by atoms with Gasteiger partial charge in [-0.25, -0.2) is 13.6 Å². The van der Waals surface area contributed by atoms with Crippen molar-refractivity contribution in [1.82, 2.24) is 5.32 Å². The summed E-state index contributed by atoms with van der Waals surface area (Å²) in [6.45, 7) is 7.94. The molecule has 1 unspecified atom stereocenters. The summed E-state index contributed by atoms with van der Waals surface area (Å²) in [6, 6.07) is -0.197. The van der Waals surface area contributed by atoms with Crippen LogP contribution in [0.5, 0.6) is 0 Å². The predicted molar refractivity (Wildman–Crippen MR) is 66.8 cm³/mol. The van der Waals surface area contributed by atoms with Crippen molar-refractivity contribution < 1.29 is 18.3 Å². The molecule has 0 aromatic rings. The first-order valence-electron chi connectivity index (χ1n) is 5.45. The van der Waals surface area contributed by atoms with Crippen LogP contribution in [0.4, 0.5) is 13.6 Å². The summed E-state index contributed by atoms with van der Waals surface area (Å²) in [5.41, 5.74) is -0.548. The molecule has 1 N–H and O–H groups in total. The Labute approximate surface area is 106 Å². The SMILES string of the molecule is CC(CSCC(C)(F)F)NC(=O)OC(C)(C)C. The van der Waals surface area contributed by atoms with E-state index in [9.17, 15) is 13.6 Å². The zero-order chi connectivity index (χ0) is 13.7. The first-order chi connectivity index (χ1) is 7.49. The molecule has 0 rings (SSSR count). The molecule has 0 aliphatic rings. The Balaban J connectivity index is 3.79. The number of alkyl carbamates (subject to hydrolysis) is 1. The Morgan fingerprint density at radius 2 is 1.88 bits per heavy atom. The third-order valence-corrected chi connectivity index (χ3v) is 2.93. The molecule has 0 aromatic heterocycles. The van der Waals surface area contributed by atoms with Crippen molar-refractivity contribution in [2.45, 2.75) is 52.2 Å². The molecule has 17 heavy (non-hydrogen) atoms. The van der Waals surface area contributed by atoms with Gasteiger partial charge < -0.3 is 10.1 Å². The standard InChI is InChI=1S/C11H21F2NO2S/c1-8(6-17-7-11(5,12)13)14-9(15)16-10(2,3)4/h8H,6-7H2,1-5H3,(H,14,15). The molecule has 102 valence electrons. The highest BCUT2D eigenvalue weighted by molar-refractivity contribution is 7.99. The van der Waals surface area contributed by atoms with E-state index in [1.54, 1.807) is 27.7 Å². The molecule has 0 fully saturated rings. The van der Waals surface area contributed by atoms with Crippen LogP contribution < -0.4 is 5.32 Å². The molecule has 0 heterocycles. The molecular weight excluding hydrogens is 248 g/mol. The minimum atomic E-state index is -2.67. The molecule has 0 radical (unpaired) electrons. The van der Waals surface area contributed by atoms with Crippen molar-refractivity contribution in [3.8, 4) is 0 Å². The second kappa shape index (κ2) is 6.42. The van der Waals surface area contributed by atoms with Crippen LogP contribution in [0.15, 0.2) is 0 Å². The molecule has 0 bridgehead atoms. The van der Waals surface area contributed by atoms with E-state index >= 15 is 0 Å². The summed E-state index contributed by atoms with van der Waals surface area (Å²) < 4.78 is 30.1. The Morgan fingerprint density at radius 3 is 2.29 bits per heavy atom. The van der Waals surface area contributed by atoms with Crippen LogP contribution >= 0.6 is 11.8 Å². The molecule has 0 aromatic carbocycles. The van der Waals surface area contributed by atoms with Crippen LogP contribution in [0.25, 0.3) is 0 Å². The number of carbonyl (C=O) groups is 1. The Bertz CT molecular complexity index is 249. The number of nitrogens with one attached hydrogen (secondary N) is 1. The highest BCUT2D eigenvalue weighted by Crippen LogP contribution is 2.19. The van der Waals surface area contributed by atoms with Gasteiger partial charge in [-0.3, -0.25) is 0 Å². The molecule has 0 spiro atoms. The van der Waals surface area contributed by atoms with Gasteiger partial charge in [0, 0.05) is 18.7 Å². The largest absolute Gasteiger partial charge is 0.444 e. The lowest BCUT2D eigenvalue weighted by Gasteiger charge is -2.22. The van der Waals surface area contributed by atoms with E-state index < -0.39 is 17.6 Å². The number of ether oxygens (including phenoxy) is 1. The number of carbonyl (C=O) groups excluding carboxylic acids is 1. The van der Waals surface area contributed by atoms with Gasteiger partial charge in [0.25, 0.3) is 5.92 Å². The molecule has 1 atom stereocenters. The van der Waals surface area contributed by atoms with E-state index in [1.807, 2.05) is 0 Å². The van der Waals surface area contributed by atoms with Crippen LogP contribution in [0.3, 0.4) is 0 Å². The Hall–Kier alpha value is -0.520. The maximum absolute atomic E-state index is 12.5. The quantitative estimate of drug-likeness (QED) is 0.832. The third kappa shape index (κ3) is 11.7. The third-order valence-electron chi connectivity index (χ3n) is 1.49. The van der Waals surface area contributed by atoms with E-state index in [0.29, 0.717) is 5.75 Å². The highest BCUT2D eigenvalue weighted by Gasteiger charge is 2.22. The van der Waals surface area contributed by atoms with E-state index in [2.05, 4.69) is 5.32 Å². The van der Waals surface area contributed by atoms with Crippen molar-refractivity contribution in [1.29, 1.82) is 0 Å². The Kier molecular flexibility index (Phi) is 6.23. The number of thioether (sulfide) groups is 1. The van der Waals surface area contributed by atoms with Crippen LogP contribution in [-0.4, -0.2) is 35.2 Å². The fraction of sp³-hybridized carbons (Fsp3) is 0.909. The van der Waals surface area contributed by atoms with Crippen molar-refractivity contribution in [3.05, 3.63) is 0 Å². The fourth-order valence-electron chi connectivity index (χ4n) is 0.965. The average Bonchev–Trinajstić information content (AvgIpc) is 1.96. The lowest BCUT2D eigenvalue weighted by atomic mass is 10.2. The topological polar surface area (TPSA) is 38.3 Å². The fourth-order valence-corrected chi connectivity index (χ4v) is 1.88. The van der Waals surface area contributed by atoms with Crippen molar-refractivity contribution in [3.63, 3.8) is 0 Å². The van der Waals surface area contributed by atoms with Gasteiger partial charge in [0.15, 0.2) is 0 Å². The average molecular weight is 269 g/mol. The first kappa shape index (κ1) is 16.5. The molecule has 0 saturated heterocycles. The smallest absolute Gasteiger partial charge is 0.407 e. The van der Waals surface area contributed by atoms with E-state index in [1.165, 1.54) is 0 Å². The molecular formula is C11H21F2NO2S. The second-order valence-corrected chi connectivity index (χ2v) is 6.16. The lowest BCUT2D eigenvalue weighted by Crippen LogP contribution is -2.39. The maximum Gasteiger partial charge on any atom is 0.407 e. The second-order valence-electron chi connectivity index (χ2n) is 5.13. The number of halogens is 2. The van der Waals surface area contributed by atoms with Crippen LogP contribution in [0.1, 0.15) is 34.6 Å². The predicted octanol–water partition coefficient (Wildman–Crippen LogP) is 3.29. The molecule has 0 aliphatic carbocycles. The highest BCUT2D eigenvalue weighted by atomic mass is 32.2. The van der Waals surface area contributed by atoms with Crippen molar-refractivity contribution in [2.75, 3.05) is 11.5 Å². The summed E-state index contributed by atoms with van der Waals surface area (Å²) in [5, 5.41) is 2.60. The number of hydrogen-bond donors (Lipinski definition) is 1. The van der Waals surface area contributed by atoms with Gasteiger partial charge in [0.05, 0.1) is 5.75 Å². The maximum atomic E-state index is 12.5. The number of rotatable bonds is 5. The van der Waals surface area contributed by atoms with Gasteiger partial charge in [-0.2, -0.15) is 11.8 Å². The zero-order valence-corrected chi connectivity index (χ0v) is 11.8. The number of hydrogen-bond acceptors (Lipinski definition) is 3. The summed E-state index contributed by atoms with van der Waals surface area (Å²) in [6.07, 6.45) is -0.520. The van der Waals surface area contributed by atoms with Gasteiger partial charge in [-0.05, 0) is 27.7 Å². The van der Waals surface area contributed by atoms with Crippen LogP contribution in [-0.2, 0) is 4.74 Å². The Morgan fingerprint density at radius 1 is 1.35 bits per heavy atom. The summed E-state index contributed by atoms with van der Waals surface area (Å²) >= 11 is 1.11. The summed E-state index contributed by atoms with van der Waals surface area (Å²) in [7, 11) is 0. The first-order valence-corrected chi connectivity index (χ1v) is 6.60. The van der Waals surface area contributed by atoms with Crippen LogP contribution in [0.2, 0.25) is 0 Å². The molecule has 0 aliphatic heterocycles. The van der Waals surface area contributed by atoms with Crippen LogP contribution in [0, 0.1) is 0 Å². The minimum absolute atomic E-state index is 0.197. The zero-order valence-electron chi connectivity index (χ0n) is 11.0. The molecule has 6 heteroatoms. The van der Waals surface area contributed by atoms with E-state index in [4.69, 9.17) is 4.74 Å². The molecule has 0 saturated carbocycles. The van der Waals surface area contributed by atoms with E-state index in [0.717, 1.165) is 18.7 Å². The van der Waals surface area contributed by atoms with Crippen molar-refractivity contribution >= 4 is 17.9 Å². The van der Waals surface area contributed by atoms with Crippen molar-refractivity contribution in [2.24, 2.45) is 0 Å². The molecule has 3 nitrogen and oxygen atoms in total. The summed E-state index contributed by atoms with van der Waals surface area (Å²) in [4.78, 5) is 11.3. The molecule has 1 amide bonds. The number of alkyl halides is 2. The minimum Gasteiger partial charge on any atom is -0.444 e. The lowest BCUT2D eigenvalue weighted by molar-refractivity contribution is 0.0492. The van der Waals surface area contributed by atoms with E-state index in [-0.39, 0.29) is 11.8 Å². The van der Waals surface area contributed by atoms with Gasteiger partial charge in [-0.15, -0.1) is 0 Å². The normalized spacial score (nSPS) is 14.3.